The Labute approximate surface area is 101 Å². The number of hydrogen-bond donors (Lipinski definition) is 1. The van der Waals surface area contributed by atoms with Crippen LogP contribution in [0.25, 0.3) is 0 Å². The van der Waals surface area contributed by atoms with Gasteiger partial charge < -0.3 is 10.1 Å². The Hall–Kier alpha value is -1.42. The molecular weight excluding hydrogens is 216 g/mol. The molecule has 1 N–H and O–H groups in total. The molecule has 4 heteroatoms. The summed E-state index contributed by atoms with van der Waals surface area (Å²) in [6.45, 7) is 6.01. The maximum absolute atomic E-state index is 12.0. The molecule has 17 heavy (non-hydrogen) atoms. The first-order valence-corrected chi connectivity index (χ1v) is 5.95. The van der Waals surface area contributed by atoms with Crippen molar-refractivity contribution in [3.63, 3.8) is 0 Å². The van der Waals surface area contributed by atoms with E-state index in [0.717, 1.165) is 17.8 Å². The van der Waals surface area contributed by atoms with E-state index in [4.69, 9.17) is 4.74 Å². The highest BCUT2D eigenvalue weighted by molar-refractivity contribution is 5.94. The van der Waals surface area contributed by atoms with E-state index in [0.29, 0.717) is 5.92 Å². The van der Waals surface area contributed by atoms with E-state index < -0.39 is 0 Å². The molecule has 0 spiro atoms. The molecule has 1 aromatic rings. The Balaban J connectivity index is 1.98. The third-order valence-corrected chi connectivity index (χ3v) is 3.22. The van der Waals surface area contributed by atoms with Crippen molar-refractivity contribution < 1.29 is 9.53 Å². The minimum atomic E-state index is -0.325. The van der Waals surface area contributed by atoms with Gasteiger partial charge in [0.25, 0.3) is 5.91 Å². The molecule has 2 rings (SSSR count). The average Bonchev–Trinajstić information content (AvgIpc) is 2.59. The van der Waals surface area contributed by atoms with E-state index in [-0.39, 0.29) is 18.1 Å². The first-order valence-electron chi connectivity index (χ1n) is 5.95. The maximum Gasteiger partial charge on any atom is 0.253 e. The van der Waals surface area contributed by atoms with Crippen molar-refractivity contribution in [3.05, 3.63) is 24.0 Å². The van der Waals surface area contributed by atoms with Crippen LogP contribution in [-0.4, -0.2) is 23.1 Å². The number of aromatic nitrogens is 1. The van der Waals surface area contributed by atoms with Crippen molar-refractivity contribution in [2.24, 2.45) is 5.92 Å². The molecule has 0 radical (unpaired) electrons. The second kappa shape index (κ2) is 4.84. The summed E-state index contributed by atoms with van der Waals surface area (Å²) in [5.41, 5.74) is 1.66. The van der Waals surface area contributed by atoms with Crippen LogP contribution in [0.4, 0.5) is 5.69 Å². The molecule has 1 saturated heterocycles. The molecule has 4 nitrogen and oxygen atoms in total. The standard InChI is InChI=1S/C13H18N2O2/c1-8-6-12(17-10(8)3)13(16)15-11-4-5-14-9(2)7-11/h4-5,7-8,10,12H,6H2,1-3H3,(H,14,15,16)/t8?,10?,12-/m1/s1. The zero-order valence-corrected chi connectivity index (χ0v) is 10.4. The summed E-state index contributed by atoms with van der Waals surface area (Å²) in [6, 6.07) is 3.63. The Morgan fingerprint density at radius 2 is 2.29 bits per heavy atom. The summed E-state index contributed by atoms with van der Waals surface area (Å²) >= 11 is 0. The van der Waals surface area contributed by atoms with Gasteiger partial charge in [-0.1, -0.05) is 6.92 Å². The Bertz CT molecular complexity index is 410. The monoisotopic (exact) mass is 234 g/mol. The van der Waals surface area contributed by atoms with Crippen LogP contribution in [0.3, 0.4) is 0 Å². The number of aryl methyl sites for hydroxylation is 1. The van der Waals surface area contributed by atoms with Crippen LogP contribution < -0.4 is 5.32 Å². The van der Waals surface area contributed by atoms with E-state index in [2.05, 4.69) is 17.2 Å². The molecule has 0 saturated carbocycles. The second-order valence-corrected chi connectivity index (χ2v) is 4.72. The number of nitrogens with one attached hydrogen (secondary N) is 1. The number of pyridine rings is 1. The van der Waals surface area contributed by atoms with E-state index in [1.54, 1.807) is 12.3 Å². The molecule has 1 fully saturated rings. The van der Waals surface area contributed by atoms with Gasteiger partial charge in [-0.05, 0) is 38.3 Å². The van der Waals surface area contributed by atoms with Crippen LogP contribution in [-0.2, 0) is 9.53 Å². The molecule has 0 aliphatic carbocycles. The molecule has 0 aromatic carbocycles. The van der Waals surface area contributed by atoms with Crippen molar-refractivity contribution >= 4 is 11.6 Å². The van der Waals surface area contributed by atoms with Gasteiger partial charge in [-0.25, -0.2) is 0 Å². The fourth-order valence-electron chi connectivity index (χ4n) is 1.99. The molecular formula is C13H18N2O2. The highest BCUT2D eigenvalue weighted by Crippen LogP contribution is 2.26. The summed E-state index contributed by atoms with van der Waals surface area (Å²) in [7, 11) is 0. The van der Waals surface area contributed by atoms with Crippen LogP contribution in [0, 0.1) is 12.8 Å². The van der Waals surface area contributed by atoms with Gasteiger partial charge in [0.05, 0.1) is 6.10 Å². The summed E-state index contributed by atoms with van der Waals surface area (Å²) in [5, 5.41) is 2.86. The van der Waals surface area contributed by atoms with Gasteiger partial charge in [-0.2, -0.15) is 0 Å². The average molecular weight is 234 g/mol. The molecule has 1 aliphatic heterocycles. The third kappa shape index (κ3) is 2.82. The topological polar surface area (TPSA) is 51.2 Å². The first kappa shape index (κ1) is 12.0. The number of hydrogen-bond acceptors (Lipinski definition) is 3. The van der Waals surface area contributed by atoms with E-state index in [1.165, 1.54) is 0 Å². The van der Waals surface area contributed by atoms with Crippen molar-refractivity contribution in [3.8, 4) is 0 Å². The minimum absolute atomic E-state index is 0.0631. The maximum atomic E-state index is 12.0. The van der Waals surface area contributed by atoms with Gasteiger partial charge in [-0.15, -0.1) is 0 Å². The number of carbonyl (C=O) groups excluding carboxylic acids is 1. The van der Waals surface area contributed by atoms with Crippen LogP contribution in [0.15, 0.2) is 18.3 Å². The smallest absolute Gasteiger partial charge is 0.253 e. The summed E-state index contributed by atoms with van der Waals surface area (Å²) in [6.07, 6.45) is 2.31. The Morgan fingerprint density at radius 1 is 1.53 bits per heavy atom. The zero-order valence-electron chi connectivity index (χ0n) is 10.4. The first-order chi connectivity index (χ1) is 8.06. The SMILES string of the molecule is Cc1cc(NC(=O)[C@H]2CC(C)C(C)O2)ccn1. The number of carbonyl (C=O) groups is 1. The van der Waals surface area contributed by atoms with Gasteiger partial charge in [0.2, 0.25) is 0 Å². The van der Waals surface area contributed by atoms with Gasteiger partial charge >= 0.3 is 0 Å². The van der Waals surface area contributed by atoms with Crippen molar-refractivity contribution in [1.82, 2.24) is 4.98 Å². The van der Waals surface area contributed by atoms with E-state index in [9.17, 15) is 4.79 Å². The number of nitrogens with zero attached hydrogens (tertiary/aromatic N) is 1. The quantitative estimate of drug-likeness (QED) is 0.853. The van der Waals surface area contributed by atoms with Crippen molar-refractivity contribution in [2.75, 3.05) is 5.32 Å². The lowest BCUT2D eigenvalue weighted by molar-refractivity contribution is -0.126. The van der Waals surface area contributed by atoms with Crippen LogP contribution in [0.5, 0.6) is 0 Å². The van der Waals surface area contributed by atoms with E-state index in [1.807, 2.05) is 19.9 Å². The summed E-state index contributed by atoms with van der Waals surface area (Å²) in [4.78, 5) is 16.0. The normalized spacial score (nSPS) is 28.1. The van der Waals surface area contributed by atoms with Gasteiger partial charge in [0.1, 0.15) is 6.10 Å². The molecule has 3 atom stereocenters. The van der Waals surface area contributed by atoms with Gasteiger partial charge in [0.15, 0.2) is 0 Å². The predicted molar refractivity (Wildman–Crippen MR) is 65.7 cm³/mol. The molecule has 1 amide bonds. The fourth-order valence-corrected chi connectivity index (χ4v) is 1.99. The van der Waals surface area contributed by atoms with Crippen LogP contribution in [0.1, 0.15) is 26.0 Å². The molecule has 2 heterocycles. The van der Waals surface area contributed by atoms with Gasteiger partial charge in [-0.3, -0.25) is 9.78 Å². The van der Waals surface area contributed by atoms with Crippen molar-refractivity contribution in [2.45, 2.75) is 39.4 Å². The second-order valence-electron chi connectivity index (χ2n) is 4.72. The largest absolute Gasteiger partial charge is 0.365 e. The highest BCUT2D eigenvalue weighted by atomic mass is 16.5. The molecule has 2 unspecified atom stereocenters. The van der Waals surface area contributed by atoms with Crippen LogP contribution in [0.2, 0.25) is 0 Å². The highest BCUT2D eigenvalue weighted by Gasteiger charge is 2.33. The summed E-state index contributed by atoms with van der Waals surface area (Å²) < 4.78 is 5.61. The van der Waals surface area contributed by atoms with E-state index >= 15 is 0 Å². The number of amides is 1. The van der Waals surface area contributed by atoms with Gasteiger partial charge in [0, 0.05) is 17.6 Å². The molecule has 92 valence electrons. The minimum Gasteiger partial charge on any atom is -0.365 e. The van der Waals surface area contributed by atoms with Crippen LogP contribution >= 0.6 is 0 Å². The number of rotatable bonds is 2. The zero-order chi connectivity index (χ0) is 12.4. The predicted octanol–water partition coefficient (Wildman–Crippen LogP) is 2.14. The number of ether oxygens (including phenoxy) is 1. The lowest BCUT2D eigenvalue weighted by atomic mass is 10.0. The Kier molecular flexibility index (Phi) is 3.43. The summed E-state index contributed by atoms with van der Waals surface area (Å²) in [5.74, 6) is 0.372. The molecule has 1 aliphatic rings. The Morgan fingerprint density at radius 3 is 2.88 bits per heavy atom. The van der Waals surface area contributed by atoms with Crippen molar-refractivity contribution in [1.29, 1.82) is 0 Å². The lowest BCUT2D eigenvalue weighted by Gasteiger charge is -2.11. The fraction of sp³-hybridized carbons (Fsp3) is 0.538. The number of anilines is 1. The third-order valence-electron chi connectivity index (χ3n) is 3.22. The lowest BCUT2D eigenvalue weighted by Crippen LogP contribution is -2.27. The molecule has 0 bridgehead atoms. The molecule has 1 aromatic heterocycles.